The van der Waals surface area contributed by atoms with Crippen LogP contribution in [-0.4, -0.2) is 31.0 Å². The quantitative estimate of drug-likeness (QED) is 0.786. The summed E-state index contributed by atoms with van der Waals surface area (Å²) in [6.07, 6.45) is 2.81. The van der Waals surface area contributed by atoms with E-state index in [0.717, 1.165) is 32.4 Å². The van der Waals surface area contributed by atoms with Crippen LogP contribution in [0.5, 0.6) is 5.75 Å². The topological polar surface area (TPSA) is 41.6 Å². The third-order valence-corrected chi connectivity index (χ3v) is 6.52. The molecule has 1 N–H and O–H groups in total. The summed E-state index contributed by atoms with van der Waals surface area (Å²) in [4.78, 5) is 15.0. The number of carbonyl (C=O) groups is 1. The molecule has 4 rings (SSSR count). The van der Waals surface area contributed by atoms with E-state index < -0.39 is 0 Å². The predicted octanol–water partition coefficient (Wildman–Crippen LogP) is 4.73. The molecule has 6 heteroatoms. The predicted molar refractivity (Wildman–Crippen MR) is 108 cm³/mol. The average Bonchev–Trinajstić information content (AvgIpc) is 3.40. The fourth-order valence-corrected chi connectivity index (χ4v) is 4.52. The molecular formula is C22H24ClFN2O2. The molecule has 2 fully saturated rings. The highest BCUT2D eigenvalue weighted by atomic mass is 35.5. The summed E-state index contributed by atoms with van der Waals surface area (Å²) in [5, 5.41) is 3.49. The van der Waals surface area contributed by atoms with Gasteiger partial charge in [0.15, 0.2) is 0 Å². The highest BCUT2D eigenvalue weighted by Gasteiger charge is 2.58. The van der Waals surface area contributed by atoms with E-state index in [9.17, 15) is 9.18 Å². The molecule has 1 saturated heterocycles. The van der Waals surface area contributed by atoms with Crippen LogP contribution in [0.1, 0.15) is 24.8 Å². The van der Waals surface area contributed by atoms with Crippen molar-refractivity contribution in [2.45, 2.75) is 25.8 Å². The smallest absolute Gasteiger partial charge is 0.228 e. The highest BCUT2D eigenvalue weighted by Crippen LogP contribution is 2.59. The minimum Gasteiger partial charge on any atom is -0.495 e. The van der Waals surface area contributed by atoms with Crippen molar-refractivity contribution >= 4 is 23.2 Å². The number of halogens is 2. The van der Waals surface area contributed by atoms with Gasteiger partial charge < -0.3 is 10.1 Å². The molecule has 4 nitrogen and oxygen atoms in total. The molecule has 28 heavy (non-hydrogen) atoms. The first-order valence-electron chi connectivity index (χ1n) is 9.61. The molecule has 1 atom stereocenters. The molecule has 1 unspecified atom stereocenters. The Bertz CT molecular complexity index is 860. The van der Waals surface area contributed by atoms with Gasteiger partial charge in [0.1, 0.15) is 11.6 Å². The molecule has 148 valence electrons. The van der Waals surface area contributed by atoms with Gasteiger partial charge in [-0.2, -0.15) is 0 Å². The number of nitrogens with one attached hydrogen (secondary N) is 1. The van der Waals surface area contributed by atoms with Gasteiger partial charge in [-0.1, -0.05) is 29.8 Å². The first kappa shape index (κ1) is 19.2. The minimum absolute atomic E-state index is 0.0385. The van der Waals surface area contributed by atoms with Gasteiger partial charge in [-0.25, -0.2) is 4.39 Å². The lowest BCUT2D eigenvalue weighted by Crippen LogP contribution is -2.36. The van der Waals surface area contributed by atoms with Gasteiger partial charge in [0.25, 0.3) is 0 Å². The maximum absolute atomic E-state index is 14.0. The molecule has 1 saturated carbocycles. The van der Waals surface area contributed by atoms with Crippen LogP contribution >= 0.6 is 11.6 Å². The molecule has 1 aliphatic carbocycles. The zero-order valence-electron chi connectivity index (χ0n) is 15.9. The highest BCUT2D eigenvalue weighted by molar-refractivity contribution is 6.31. The number of piperidine rings is 1. The Labute approximate surface area is 169 Å². The molecule has 1 aliphatic heterocycles. The van der Waals surface area contributed by atoms with Gasteiger partial charge in [0, 0.05) is 23.0 Å². The lowest BCUT2D eigenvalue weighted by molar-refractivity contribution is -0.118. The third kappa shape index (κ3) is 3.74. The number of nitrogens with zero attached hydrogens (tertiary/aromatic N) is 1. The Kier molecular flexibility index (Phi) is 5.30. The van der Waals surface area contributed by atoms with Crippen LogP contribution in [0.15, 0.2) is 42.5 Å². The lowest BCUT2D eigenvalue weighted by atomic mass is 9.90. The van der Waals surface area contributed by atoms with Gasteiger partial charge in [0.05, 0.1) is 12.8 Å². The van der Waals surface area contributed by atoms with Crippen molar-refractivity contribution in [3.8, 4) is 5.75 Å². The molecule has 0 aromatic heterocycles. The fourth-order valence-electron chi connectivity index (χ4n) is 4.30. The number of hydrogen-bond donors (Lipinski definition) is 1. The van der Waals surface area contributed by atoms with E-state index in [1.54, 1.807) is 19.2 Å². The summed E-state index contributed by atoms with van der Waals surface area (Å²) in [5.74, 6) is 0.516. The van der Waals surface area contributed by atoms with E-state index in [0.29, 0.717) is 28.6 Å². The Morgan fingerprint density at radius 1 is 1.25 bits per heavy atom. The zero-order chi connectivity index (χ0) is 19.7. The van der Waals surface area contributed by atoms with Crippen molar-refractivity contribution in [2.24, 2.45) is 11.3 Å². The monoisotopic (exact) mass is 402 g/mol. The third-order valence-electron chi connectivity index (χ3n) is 6.17. The van der Waals surface area contributed by atoms with Crippen LogP contribution in [0, 0.1) is 17.2 Å². The summed E-state index contributed by atoms with van der Waals surface area (Å²) in [7, 11) is 1.60. The molecule has 2 aromatic carbocycles. The Morgan fingerprint density at radius 2 is 2.00 bits per heavy atom. The van der Waals surface area contributed by atoms with Gasteiger partial charge in [-0.3, -0.25) is 9.69 Å². The number of benzene rings is 2. The van der Waals surface area contributed by atoms with E-state index in [1.807, 2.05) is 24.3 Å². The molecule has 0 bridgehead atoms. The molecule has 2 aromatic rings. The maximum Gasteiger partial charge on any atom is 0.228 e. The second-order valence-corrected chi connectivity index (χ2v) is 8.19. The normalized spacial score (nSPS) is 20.8. The van der Waals surface area contributed by atoms with Crippen molar-refractivity contribution in [3.63, 3.8) is 0 Å². The second-order valence-electron chi connectivity index (χ2n) is 7.78. The van der Waals surface area contributed by atoms with Crippen molar-refractivity contribution in [1.29, 1.82) is 0 Å². The Hall–Kier alpha value is -2.11. The number of methoxy groups -OCH3 is 1. The van der Waals surface area contributed by atoms with Crippen LogP contribution in [0.3, 0.4) is 0 Å². The first-order valence-corrected chi connectivity index (χ1v) is 9.99. The van der Waals surface area contributed by atoms with E-state index >= 15 is 0 Å². The Morgan fingerprint density at radius 3 is 2.71 bits per heavy atom. The molecule has 1 amide bonds. The summed E-state index contributed by atoms with van der Waals surface area (Å²) in [5.41, 5.74) is 1.35. The fraction of sp³-hybridized carbons (Fsp3) is 0.409. The number of anilines is 1. The number of amides is 1. The maximum atomic E-state index is 14.0. The van der Waals surface area contributed by atoms with Crippen LogP contribution in [0.4, 0.5) is 10.1 Å². The summed E-state index contributed by atoms with van der Waals surface area (Å²) in [6, 6.07) is 12.3. The van der Waals surface area contributed by atoms with Gasteiger partial charge in [-0.15, -0.1) is 0 Å². The standard InChI is InChI=1S/C22H24ClFN2O2/c1-28-20-8-3-2-7-19(20)25-21(27)16-13-22(16)9-11-26(12-10-22)14-15-17(23)5-4-6-18(15)24/h2-8,16H,9-14H2,1H3,(H,25,27). The largest absolute Gasteiger partial charge is 0.495 e. The molecule has 2 aliphatic rings. The molecule has 1 spiro atoms. The van der Waals surface area contributed by atoms with Crippen molar-refractivity contribution in [1.82, 2.24) is 4.90 Å². The lowest BCUT2D eigenvalue weighted by Gasteiger charge is -2.33. The van der Waals surface area contributed by atoms with E-state index in [-0.39, 0.29) is 23.1 Å². The van der Waals surface area contributed by atoms with Gasteiger partial charge >= 0.3 is 0 Å². The summed E-state index contributed by atoms with van der Waals surface area (Å²) in [6.45, 7) is 2.21. The zero-order valence-corrected chi connectivity index (χ0v) is 16.6. The van der Waals surface area contributed by atoms with Crippen molar-refractivity contribution in [3.05, 3.63) is 58.9 Å². The number of carbonyl (C=O) groups excluding carboxylic acids is 1. The van der Waals surface area contributed by atoms with Gasteiger partial charge in [-0.05, 0) is 62.0 Å². The van der Waals surface area contributed by atoms with Gasteiger partial charge in [0.2, 0.25) is 5.91 Å². The Balaban J connectivity index is 1.34. The molecular weight excluding hydrogens is 379 g/mol. The number of rotatable bonds is 5. The summed E-state index contributed by atoms with van der Waals surface area (Å²) < 4.78 is 19.3. The van der Waals surface area contributed by atoms with E-state index in [4.69, 9.17) is 16.3 Å². The number of likely N-dealkylation sites (tertiary alicyclic amines) is 1. The van der Waals surface area contributed by atoms with E-state index in [2.05, 4.69) is 10.2 Å². The molecule has 1 heterocycles. The second kappa shape index (κ2) is 7.72. The van der Waals surface area contributed by atoms with Crippen LogP contribution in [0.25, 0.3) is 0 Å². The SMILES string of the molecule is COc1ccccc1NC(=O)C1CC12CCN(Cc1c(F)cccc1Cl)CC2. The number of para-hydroxylation sites is 2. The molecule has 0 radical (unpaired) electrons. The van der Waals surface area contributed by atoms with Crippen LogP contribution in [0.2, 0.25) is 5.02 Å². The average molecular weight is 403 g/mol. The first-order chi connectivity index (χ1) is 13.5. The number of ether oxygens (including phenoxy) is 1. The summed E-state index contributed by atoms with van der Waals surface area (Å²) >= 11 is 6.15. The van der Waals surface area contributed by atoms with Crippen molar-refractivity contribution < 1.29 is 13.9 Å². The number of hydrogen-bond acceptors (Lipinski definition) is 3. The van der Waals surface area contributed by atoms with Crippen LogP contribution < -0.4 is 10.1 Å². The van der Waals surface area contributed by atoms with Crippen molar-refractivity contribution in [2.75, 3.05) is 25.5 Å². The minimum atomic E-state index is -0.256. The van der Waals surface area contributed by atoms with Crippen LogP contribution in [-0.2, 0) is 11.3 Å². The van der Waals surface area contributed by atoms with E-state index in [1.165, 1.54) is 6.07 Å².